The maximum absolute atomic E-state index is 12.2. The zero-order chi connectivity index (χ0) is 15.3. The van der Waals surface area contributed by atoms with E-state index in [0.717, 1.165) is 0 Å². The Kier molecular flexibility index (Phi) is 5.54. The molecule has 0 saturated carbocycles. The van der Waals surface area contributed by atoms with Crippen LogP contribution < -0.4 is 5.43 Å². The van der Waals surface area contributed by atoms with E-state index < -0.39 is 20.1 Å². The van der Waals surface area contributed by atoms with Crippen LogP contribution in [0.2, 0.25) is 5.02 Å². The van der Waals surface area contributed by atoms with Gasteiger partial charge in [-0.2, -0.15) is 10.4 Å². The maximum Gasteiger partial charge on any atom is 0.252 e. The van der Waals surface area contributed by atoms with Crippen molar-refractivity contribution in [2.24, 2.45) is 11.0 Å². The number of halogens is 1. The van der Waals surface area contributed by atoms with Crippen molar-refractivity contribution in [1.82, 2.24) is 0 Å². The summed E-state index contributed by atoms with van der Waals surface area (Å²) in [5.41, 5.74) is 3.10. The topological polar surface area (TPSA) is 82.3 Å². The van der Waals surface area contributed by atoms with E-state index in [2.05, 4.69) is 10.5 Å². The summed E-state index contributed by atoms with van der Waals surface area (Å²) < 4.78 is 24.3. The summed E-state index contributed by atoms with van der Waals surface area (Å²) in [6.45, 7) is 5.13. The molecule has 1 aromatic rings. The summed E-state index contributed by atoms with van der Waals surface area (Å²) in [5, 5.41) is 12.0. The van der Waals surface area contributed by atoms with Crippen LogP contribution in [0, 0.1) is 17.2 Å². The summed E-state index contributed by atoms with van der Waals surface area (Å²) >= 11 is 5.74. The predicted molar refractivity (Wildman–Crippen MR) is 81.3 cm³/mol. The van der Waals surface area contributed by atoms with Gasteiger partial charge in [0, 0.05) is 5.02 Å². The van der Waals surface area contributed by atoms with Gasteiger partial charge in [-0.05, 0) is 37.1 Å². The van der Waals surface area contributed by atoms with Crippen LogP contribution in [0.15, 0.2) is 29.4 Å². The highest BCUT2D eigenvalue weighted by atomic mass is 35.5. The summed E-state index contributed by atoms with van der Waals surface area (Å²) in [4.78, 5) is 0. The molecule has 0 radical (unpaired) electrons. The lowest BCUT2D eigenvalue weighted by molar-refractivity contribution is 0.556. The number of sulfone groups is 1. The van der Waals surface area contributed by atoms with Crippen molar-refractivity contribution in [3.05, 3.63) is 29.3 Å². The van der Waals surface area contributed by atoms with Crippen LogP contribution in [0.4, 0.5) is 5.69 Å². The van der Waals surface area contributed by atoms with Crippen molar-refractivity contribution in [2.45, 2.75) is 26.0 Å². The highest BCUT2D eigenvalue weighted by Crippen LogP contribution is 2.16. The molecule has 0 amide bonds. The third kappa shape index (κ3) is 3.95. The summed E-state index contributed by atoms with van der Waals surface area (Å²) in [7, 11) is -3.73. The van der Waals surface area contributed by atoms with Gasteiger partial charge in [-0.15, -0.1) is 0 Å². The molecule has 0 heterocycles. The number of anilines is 1. The molecule has 1 unspecified atom stereocenters. The Bertz CT molecular complexity index is 631. The molecule has 0 saturated heterocycles. The molecule has 1 N–H and O–H groups in total. The molecule has 108 valence electrons. The number of hydrazone groups is 1. The lowest BCUT2D eigenvalue weighted by atomic mass is 10.2. The average Bonchev–Trinajstić information content (AvgIpc) is 2.40. The van der Waals surface area contributed by atoms with Crippen LogP contribution in [-0.4, -0.2) is 18.7 Å². The van der Waals surface area contributed by atoms with Crippen LogP contribution in [0.25, 0.3) is 0 Å². The molecule has 0 aliphatic carbocycles. The number of nitriles is 1. The Hall–Kier alpha value is -1.58. The molecule has 20 heavy (non-hydrogen) atoms. The van der Waals surface area contributed by atoms with Crippen molar-refractivity contribution < 1.29 is 8.42 Å². The third-order valence-electron chi connectivity index (χ3n) is 2.92. The number of hydrogen-bond donors (Lipinski definition) is 1. The van der Waals surface area contributed by atoms with Crippen LogP contribution in [0.5, 0.6) is 0 Å². The van der Waals surface area contributed by atoms with Gasteiger partial charge in [-0.25, -0.2) is 8.42 Å². The molecule has 1 rings (SSSR count). The van der Waals surface area contributed by atoms with Gasteiger partial charge in [0.25, 0.3) is 5.04 Å². The van der Waals surface area contributed by atoms with Gasteiger partial charge < -0.3 is 0 Å². The van der Waals surface area contributed by atoms with Gasteiger partial charge >= 0.3 is 0 Å². The fourth-order valence-electron chi connectivity index (χ4n) is 1.33. The minimum Gasteiger partial charge on any atom is -0.277 e. The van der Waals surface area contributed by atoms with Crippen molar-refractivity contribution in [3.8, 4) is 6.07 Å². The molecule has 0 bridgehead atoms. The Labute approximate surface area is 124 Å². The van der Waals surface area contributed by atoms with Gasteiger partial charge in [0.05, 0.1) is 10.9 Å². The van der Waals surface area contributed by atoms with Crippen molar-refractivity contribution in [3.63, 3.8) is 0 Å². The summed E-state index contributed by atoms with van der Waals surface area (Å²) in [6.07, 6.45) is 0. The molecule has 1 atom stereocenters. The SMILES string of the molecule is CC(C)C(C)S(=O)(=O)/C(C#N)=N/Nc1ccc(Cl)cc1. The zero-order valence-corrected chi connectivity index (χ0v) is 13.0. The molecule has 0 aliphatic rings. The van der Waals surface area contributed by atoms with Gasteiger partial charge in [0.1, 0.15) is 6.07 Å². The van der Waals surface area contributed by atoms with E-state index >= 15 is 0 Å². The van der Waals surface area contributed by atoms with E-state index in [1.54, 1.807) is 51.1 Å². The normalized spacial score (nSPS) is 13.9. The van der Waals surface area contributed by atoms with E-state index in [-0.39, 0.29) is 5.92 Å². The largest absolute Gasteiger partial charge is 0.277 e. The zero-order valence-electron chi connectivity index (χ0n) is 11.5. The van der Waals surface area contributed by atoms with Crippen LogP contribution >= 0.6 is 11.6 Å². The van der Waals surface area contributed by atoms with Crippen LogP contribution in [0.1, 0.15) is 20.8 Å². The minimum atomic E-state index is -3.73. The molecule has 0 aromatic heterocycles. The van der Waals surface area contributed by atoms with Crippen molar-refractivity contribution in [2.75, 3.05) is 5.43 Å². The predicted octanol–water partition coefficient (Wildman–Crippen LogP) is 3.05. The van der Waals surface area contributed by atoms with Gasteiger partial charge in [0.15, 0.2) is 0 Å². The number of hydrogen-bond acceptors (Lipinski definition) is 5. The lowest BCUT2D eigenvalue weighted by Gasteiger charge is -2.14. The quantitative estimate of drug-likeness (QED) is 0.526. The Balaban J connectivity index is 2.99. The number of nitrogens with one attached hydrogen (secondary N) is 1. The lowest BCUT2D eigenvalue weighted by Crippen LogP contribution is -2.30. The van der Waals surface area contributed by atoms with E-state index in [9.17, 15) is 8.42 Å². The average molecular weight is 314 g/mol. The van der Waals surface area contributed by atoms with Crippen molar-refractivity contribution >= 4 is 32.2 Å². The number of rotatable bonds is 4. The second-order valence-electron chi connectivity index (χ2n) is 4.64. The molecule has 1 aromatic carbocycles. The monoisotopic (exact) mass is 313 g/mol. The standard InChI is InChI=1S/C13H16ClN3O2S/c1-9(2)10(3)20(18,19)13(8-15)17-16-12-6-4-11(14)5-7-12/h4-7,9-10,16H,1-3H3/b17-13+. The summed E-state index contributed by atoms with van der Waals surface area (Å²) in [6, 6.07) is 8.18. The van der Waals surface area contributed by atoms with Crippen LogP contribution in [-0.2, 0) is 9.84 Å². The Morgan fingerprint density at radius 2 is 1.85 bits per heavy atom. The van der Waals surface area contributed by atoms with E-state index in [4.69, 9.17) is 16.9 Å². The van der Waals surface area contributed by atoms with Gasteiger partial charge in [0.2, 0.25) is 9.84 Å². The Morgan fingerprint density at radius 3 is 2.30 bits per heavy atom. The summed E-state index contributed by atoms with van der Waals surface area (Å²) in [5.74, 6) is -0.103. The fourth-order valence-corrected chi connectivity index (χ4v) is 2.82. The second-order valence-corrected chi connectivity index (χ2v) is 7.30. The minimum absolute atomic E-state index is 0.103. The first-order valence-electron chi connectivity index (χ1n) is 6.02. The molecule has 5 nitrogen and oxygen atoms in total. The van der Waals surface area contributed by atoms with Crippen molar-refractivity contribution in [1.29, 1.82) is 5.26 Å². The molecule has 7 heteroatoms. The third-order valence-corrected chi connectivity index (χ3v) is 5.42. The highest BCUT2D eigenvalue weighted by Gasteiger charge is 2.30. The highest BCUT2D eigenvalue weighted by molar-refractivity contribution is 8.07. The fraction of sp³-hybridized carbons (Fsp3) is 0.385. The van der Waals surface area contributed by atoms with E-state index in [1.807, 2.05) is 0 Å². The first kappa shape index (κ1) is 16.5. The molecule has 0 spiro atoms. The van der Waals surface area contributed by atoms with E-state index in [0.29, 0.717) is 10.7 Å². The second kappa shape index (κ2) is 6.73. The van der Waals surface area contributed by atoms with E-state index in [1.165, 1.54) is 0 Å². The van der Waals surface area contributed by atoms with Gasteiger partial charge in [-0.3, -0.25) is 5.43 Å². The first-order valence-corrected chi connectivity index (χ1v) is 7.94. The maximum atomic E-state index is 12.2. The molecule has 0 aliphatic heterocycles. The molecule has 0 fully saturated rings. The molecular formula is C13H16ClN3O2S. The Morgan fingerprint density at radius 1 is 1.30 bits per heavy atom. The smallest absolute Gasteiger partial charge is 0.252 e. The van der Waals surface area contributed by atoms with Gasteiger partial charge in [-0.1, -0.05) is 25.4 Å². The number of nitrogens with zero attached hydrogens (tertiary/aromatic N) is 2. The number of benzene rings is 1. The van der Waals surface area contributed by atoms with Crippen LogP contribution in [0.3, 0.4) is 0 Å². The molecular weight excluding hydrogens is 298 g/mol. The first-order chi connectivity index (χ1) is 9.28.